The summed E-state index contributed by atoms with van der Waals surface area (Å²) in [6.07, 6.45) is 0.0639. The van der Waals surface area contributed by atoms with E-state index in [1.807, 2.05) is 4.90 Å². The second-order valence-electron chi connectivity index (χ2n) is 6.42. The number of carbonyl (C=O) groups is 2. The number of piperazine rings is 1. The van der Waals surface area contributed by atoms with Crippen LogP contribution in [0.15, 0.2) is 24.3 Å². The van der Waals surface area contributed by atoms with Gasteiger partial charge in [-0.15, -0.1) is 0 Å². The quantitative estimate of drug-likeness (QED) is 0.788. The molecule has 2 fully saturated rings. The Balaban J connectivity index is 1.45. The van der Waals surface area contributed by atoms with Crippen molar-refractivity contribution in [3.63, 3.8) is 0 Å². The molecule has 0 unspecified atom stereocenters. The fraction of sp³-hybridized carbons (Fsp3) is 0.556. The number of carbonyl (C=O) groups excluding carboxylic acids is 2. The van der Waals surface area contributed by atoms with Crippen molar-refractivity contribution in [1.82, 2.24) is 14.7 Å². The molecular formula is C18H24FN3O3. The van der Waals surface area contributed by atoms with E-state index in [2.05, 4.69) is 4.90 Å². The fourth-order valence-electron chi connectivity index (χ4n) is 3.17. The number of hydrogen-bond donors (Lipinski definition) is 0. The van der Waals surface area contributed by atoms with E-state index >= 15 is 0 Å². The molecule has 2 saturated heterocycles. The Morgan fingerprint density at radius 3 is 2.16 bits per heavy atom. The molecule has 7 heteroatoms. The van der Waals surface area contributed by atoms with Gasteiger partial charge in [0.1, 0.15) is 5.82 Å². The van der Waals surface area contributed by atoms with Crippen LogP contribution in [0.4, 0.5) is 4.39 Å². The molecule has 25 heavy (non-hydrogen) atoms. The van der Waals surface area contributed by atoms with E-state index in [0.717, 1.165) is 13.1 Å². The Bertz CT molecular complexity index is 611. The molecule has 2 heterocycles. The van der Waals surface area contributed by atoms with Crippen LogP contribution in [-0.2, 0) is 20.7 Å². The lowest BCUT2D eigenvalue weighted by molar-refractivity contribution is -0.140. The van der Waals surface area contributed by atoms with Crippen molar-refractivity contribution in [2.24, 2.45) is 0 Å². The van der Waals surface area contributed by atoms with Crippen LogP contribution in [0.2, 0.25) is 0 Å². The summed E-state index contributed by atoms with van der Waals surface area (Å²) in [5.74, 6) is -0.344. The fourth-order valence-corrected chi connectivity index (χ4v) is 3.17. The van der Waals surface area contributed by atoms with Crippen LogP contribution in [-0.4, -0.2) is 85.5 Å². The molecule has 3 rings (SSSR count). The number of hydrogen-bond acceptors (Lipinski definition) is 4. The zero-order chi connectivity index (χ0) is 17.6. The number of amides is 2. The summed E-state index contributed by atoms with van der Waals surface area (Å²) in [5.41, 5.74) is 0.415. The van der Waals surface area contributed by atoms with Gasteiger partial charge in [-0.2, -0.15) is 0 Å². The average Bonchev–Trinajstić information content (AvgIpc) is 2.64. The van der Waals surface area contributed by atoms with Crippen molar-refractivity contribution in [3.8, 4) is 0 Å². The van der Waals surface area contributed by atoms with E-state index in [9.17, 15) is 14.0 Å². The van der Waals surface area contributed by atoms with Gasteiger partial charge in [0, 0.05) is 39.3 Å². The van der Waals surface area contributed by atoms with Crippen LogP contribution in [0.25, 0.3) is 0 Å². The lowest BCUT2D eigenvalue weighted by Crippen LogP contribution is -2.53. The zero-order valence-electron chi connectivity index (χ0n) is 14.3. The third-order valence-electron chi connectivity index (χ3n) is 4.75. The number of halogens is 1. The molecule has 0 aliphatic carbocycles. The number of morpholine rings is 1. The summed E-state index contributed by atoms with van der Waals surface area (Å²) in [6, 6.07) is 6.34. The average molecular weight is 349 g/mol. The van der Waals surface area contributed by atoms with E-state index in [1.165, 1.54) is 6.07 Å². The molecule has 0 saturated carbocycles. The van der Waals surface area contributed by atoms with Crippen LogP contribution < -0.4 is 0 Å². The Morgan fingerprint density at radius 1 is 0.920 bits per heavy atom. The van der Waals surface area contributed by atoms with Gasteiger partial charge < -0.3 is 14.5 Å². The van der Waals surface area contributed by atoms with Crippen molar-refractivity contribution in [2.75, 3.05) is 59.0 Å². The van der Waals surface area contributed by atoms with E-state index in [1.54, 1.807) is 23.1 Å². The van der Waals surface area contributed by atoms with Crippen molar-refractivity contribution >= 4 is 11.8 Å². The first kappa shape index (κ1) is 17.8. The Labute approximate surface area is 147 Å². The SMILES string of the molecule is O=C(Cc1ccccc1F)N1CCN(C(=O)CN2CCOCC2)CC1. The molecule has 1 aromatic rings. The third kappa shape index (κ3) is 4.76. The normalized spacial score (nSPS) is 19.1. The molecule has 2 aliphatic heterocycles. The smallest absolute Gasteiger partial charge is 0.236 e. The van der Waals surface area contributed by atoms with Crippen LogP contribution in [0, 0.1) is 5.82 Å². The standard InChI is InChI=1S/C18H24FN3O3/c19-16-4-2-1-3-15(16)13-17(23)21-5-7-22(8-6-21)18(24)14-20-9-11-25-12-10-20/h1-4H,5-14H2. The largest absolute Gasteiger partial charge is 0.379 e. The highest BCUT2D eigenvalue weighted by atomic mass is 19.1. The van der Waals surface area contributed by atoms with E-state index in [4.69, 9.17) is 4.74 Å². The highest BCUT2D eigenvalue weighted by Crippen LogP contribution is 2.11. The van der Waals surface area contributed by atoms with Crippen LogP contribution in [0.5, 0.6) is 0 Å². The Morgan fingerprint density at radius 2 is 1.52 bits per heavy atom. The van der Waals surface area contributed by atoms with E-state index in [0.29, 0.717) is 51.5 Å². The van der Waals surface area contributed by atoms with Crippen molar-refractivity contribution < 1.29 is 18.7 Å². The molecule has 6 nitrogen and oxygen atoms in total. The summed E-state index contributed by atoms with van der Waals surface area (Å²) in [6.45, 7) is 5.39. The molecule has 0 atom stereocenters. The number of nitrogens with zero attached hydrogens (tertiary/aromatic N) is 3. The molecule has 136 valence electrons. The highest BCUT2D eigenvalue weighted by molar-refractivity contribution is 5.80. The second kappa shape index (κ2) is 8.40. The topological polar surface area (TPSA) is 53.1 Å². The van der Waals surface area contributed by atoms with Crippen LogP contribution >= 0.6 is 0 Å². The van der Waals surface area contributed by atoms with Gasteiger partial charge in [0.2, 0.25) is 11.8 Å². The molecule has 0 spiro atoms. The van der Waals surface area contributed by atoms with Gasteiger partial charge in [-0.1, -0.05) is 18.2 Å². The lowest BCUT2D eigenvalue weighted by atomic mass is 10.1. The zero-order valence-corrected chi connectivity index (χ0v) is 14.3. The van der Waals surface area contributed by atoms with Gasteiger partial charge >= 0.3 is 0 Å². The minimum absolute atomic E-state index is 0.0639. The summed E-state index contributed by atoms with van der Waals surface area (Å²) in [4.78, 5) is 30.3. The maximum absolute atomic E-state index is 13.7. The molecule has 1 aromatic carbocycles. The lowest BCUT2D eigenvalue weighted by Gasteiger charge is -2.36. The minimum Gasteiger partial charge on any atom is -0.379 e. The first-order chi connectivity index (χ1) is 12.1. The van der Waals surface area contributed by atoms with E-state index in [-0.39, 0.29) is 24.1 Å². The maximum atomic E-state index is 13.7. The molecule has 0 radical (unpaired) electrons. The molecule has 0 aromatic heterocycles. The van der Waals surface area contributed by atoms with Crippen molar-refractivity contribution in [3.05, 3.63) is 35.6 Å². The van der Waals surface area contributed by atoms with Gasteiger partial charge in [-0.05, 0) is 11.6 Å². The summed E-state index contributed by atoms with van der Waals surface area (Å²) >= 11 is 0. The predicted octanol–water partition coefficient (Wildman–Crippen LogP) is 0.371. The predicted molar refractivity (Wildman–Crippen MR) is 90.5 cm³/mol. The summed E-state index contributed by atoms with van der Waals surface area (Å²) < 4.78 is 19.0. The summed E-state index contributed by atoms with van der Waals surface area (Å²) in [5, 5.41) is 0. The first-order valence-electron chi connectivity index (χ1n) is 8.72. The van der Waals surface area contributed by atoms with Crippen molar-refractivity contribution in [2.45, 2.75) is 6.42 Å². The second-order valence-corrected chi connectivity index (χ2v) is 6.42. The highest BCUT2D eigenvalue weighted by Gasteiger charge is 2.26. The third-order valence-corrected chi connectivity index (χ3v) is 4.75. The number of rotatable bonds is 4. The summed E-state index contributed by atoms with van der Waals surface area (Å²) in [7, 11) is 0. The maximum Gasteiger partial charge on any atom is 0.236 e. The Kier molecular flexibility index (Phi) is 5.99. The molecule has 0 N–H and O–H groups in total. The Hall–Kier alpha value is -1.99. The van der Waals surface area contributed by atoms with Gasteiger partial charge in [-0.3, -0.25) is 14.5 Å². The van der Waals surface area contributed by atoms with Gasteiger partial charge in [0.05, 0.1) is 26.2 Å². The molecule has 2 aliphatic rings. The number of benzene rings is 1. The molecule has 2 amide bonds. The number of ether oxygens (including phenoxy) is 1. The van der Waals surface area contributed by atoms with E-state index < -0.39 is 0 Å². The molecular weight excluding hydrogens is 325 g/mol. The minimum atomic E-state index is -0.352. The van der Waals surface area contributed by atoms with Gasteiger partial charge in [-0.25, -0.2) is 4.39 Å². The van der Waals surface area contributed by atoms with Crippen molar-refractivity contribution in [1.29, 1.82) is 0 Å². The van der Waals surface area contributed by atoms with Gasteiger partial charge in [0.25, 0.3) is 0 Å². The molecule has 0 bridgehead atoms. The first-order valence-corrected chi connectivity index (χ1v) is 8.72. The van der Waals surface area contributed by atoms with Crippen LogP contribution in [0.1, 0.15) is 5.56 Å². The van der Waals surface area contributed by atoms with Gasteiger partial charge in [0.15, 0.2) is 0 Å². The monoisotopic (exact) mass is 349 g/mol. The van der Waals surface area contributed by atoms with Crippen LogP contribution in [0.3, 0.4) is 0 Å².